The van der Waals surface area contributed by atoms with Gasteiger partial charge in [0.25, 0.3) is 0 Å². The lowest BCUT2D eigenvalue weighted by Gasteiger charge is -2.07. The molecule has 0 aromatic heterocycles. The summed E-state index contributed by atoms with van der Waals surface area (Å²) in [6.45, 7) is 1.86. The van der Waals surface area contributed by atoms with Gasteiger partial charge in [0, 0.05) is 6.04 Å². The summed E-state index contributed by atoms with van der Waals surface area (Å²) < 4.78 is 0. The van der Waals surface area contributed by atoms with Gasteiger partial charge in [-0.25, -0.2) is 0 Å². The minimum absolute atomic E-state index is 0.0140. The Hall–Kier alpha value is -1.53. The van der Waals surface area contributed by atoms with E-state index in [1.165, 1.54) is 6.07 Å². The molecule has 1 aromatic carbocycles. The molecule has 13 heavy (non-hydrogen) atoms. The second kappa shape index (κ2) is 3.92. The molecule has 0 radical (unpaired) electrons. The number of benzene rings is 1. The minimum Gasteiger partial charge on any atom is -0.508 e. The lowest BCUT2D eigenvalue weighted by molar-refractivity contribution is 0.465. The zero-order valence-electron chi connectivity index (χ0n) is 7.49. The molecule has 3 N–H and O–H groups in total. The van der Waals surface area contributed by atoms with Crippen LogP contribution in [0.5, 0.6) is 5.75 Å². The van der Waals surface area contributed by atoms with Crippen LogP contribution in [-0.2, 0) is 6.42 Å². The average molecular weight is 176 g/mol. The molecule has 0 saturated carbocycles. The molecule has 0 bridgehead atoms. The second-order valence-corrected chi connectivity index (χ2v) is 3.14. The fraction of sp³-hybridized carbons (Fsp3) is 0.300. The first kappa shape index (κ1) is 9.56. The number of phenolic OH excluding ortho intramolecular Hbond substituents is 1. The summed E-state index contributed by atoms with van der Waals surface area (Å²) in [5.74, 6) is 0.205. The van der Waals surface area contributed by atoms with E-state index >= 15 is 0 Å². The zero-order valence-corrected chi connectivity index (χ0v) is 7.49. The van der Waals surface area contributed by atoms with Gasteiger partial charge in [0.05, 0.1) is 11.6 Å². The molecule has 0 unspecified atom stereocenters. The van der Waals surface area contributed by atoms with Crippen LogP contribution in [0.4, 0.5) is 0 Å². The Morgan fingerprint density at radius 3 is 2.85 bits per heavy atom. The zero-order chi connectivity index (χ0) is 9.84. The predicted molar refractivity (Wildman–Crippen MR) is 50.2 cm³/mol. The molecule has 68 valence electrons. The van der Waals surface area contributed by atoms with Crippen molar-refractivity contribution in [2.24, 2.45) is 5.73 Å². The Morgan fingerprint density at radius 1 is 1.62 bits per heavy atom. The SMILES string of the molecule is C[C@@H](N)Cc1cc(C#N)ccc1O. The Bertz CT molecular complexity index is 339. The first-order valence-corrected chi connectivity index (χ1v) is 4.11. The second-order valence-electron chi connectivity index (χ2n) is 3.14. The van der Waals surface area contributed by atoms with Gasteiger partial charge >= 0.3 is 0 Å². The molecule has 0 heterocycles. The van der Waals surface area contributed by atoms with Crippen molar-refractivity contribution >= 4 is 0 Å². The monoisotopic (exact) mass is 176 g/mol. The largest absolute Gasteiger partial charge is 0.508 e. The summed E-state index contributed by atoms with van der Waals surface area (Å²) in [4.78, 5) is 0. The minimum atomic E-state index is -0.0140. The smallest absolute Gasteiger partial charge is 0.118 e. The summed E-state index contributed by atoms with van der Waals surface area (Å²) >= 11 is 0. The van der Waals surface area contributed by atoms with Crippen molar-refractivity contribution in [3.8, 4) is 11.8 Å². The molecule has 0 aliphatic carbocycles. The van der Waals surface area contributed by atoms with Crippen LogP contribution in [-0.4, -0.2) is 11.1 Å². The molecule has 0 spiro atoms. The number of hydrogen-bond acceptors (Lipinski definition) is 3. The first-order chi connectivity index (χ1) is 6.13. The molecule has 1 atom stereocenters. The molecule has 0 fully saturated rings. The van der Waals surface area contributed by atoms with E-state index in [1.807, 2.05) is 13.0 Å². The highest BCUT2D eigenvalue weighted by Gasteiger charge is 2.04. The van der Waals surface area contributed by atoms with Gasteiger partial charge in [0.15, 0.2) is 0 Å². The predicted octanol–water partition coefficient (Wildman–Crippen LogP) is 1.15. The van der Waals surface area contributed by atoms with Crippen molar-refractivity contribution in [3.63, 3.8) is 0 Å². The summed E-state index contributed by atoms with van der Waals surface area (Å²) in [6.07, 6.45) is 0.585. The third-order valence-electron chi connectivity index (χ3n) is 1.75. The molecule has 0 amide bonds. The molecule has 3 heteroatoms. The van der Waals surface area contributed by atoms with Crippen molar-refractivity contribution in [1.82, 2.24) is 0 Å². The highest BCUT2D eigenvalue weighted by Crippen LogP contribution is 2.19. The molecule has 0 aliphatic rings. The van der Waals surface area contributed by atoms with Crippen LogP contribution in [0, 0.1) is 11.3 Å². The number of nitrogens with two attached hydrogens (primary N) is 1. The maximum absolute atomic E-state index is 9.41. The first-order valence-electron chi connectivity index (χ1n) is 4.11. The summed E-state index contributed by atoms with van der Waals surface area (Å²) in [7, 11) is 0. The molecular formula is C10H12N2O. The number of phenols is 1. The van der Waals surface area contributed by atoms with Crippen molar-refractivity contribution in [1.29, 1.82) is 5.26 Å². The molecule has 0 saturated heterocycles. The van der Waals surface area contributed by atoms with E-state index in [1.54, 1.807) is 12.1 Å². The summed E-state index contributed by atoms with van der Waals surface area (Å²) in [5, 5.41) is 18.0. The van der Waals surface area contributed by atoms with Crippen molar-refractivity contribution < 1.29 is 5.11 Å². The van der Waals surface area contributed by atoms with Crippen LogP contribution in [0.25, 0.3) is 0 Å². The number of nitrogens with zero attached hydrogens (tertiary/aromatic N) is 1. The average Bonchev–Trinajstić information content (AvgIpc) is 2.08. The van der Waals surface area contributed by atoms with Gasteiger partial charge in [-0.3, -0.25) is 0 Å². The van der Waals surface area contributed by atoms with Crippen molar-refractivity contribution in [2.45, 2.75) is 19.4 Å². The van der Waals surface area contributed by atoms with E-state index in [4.69, 9.17) is 11.0 Å². The quantitative estimate of drug-likeness (QED) is 0.710. The van der Waals surface area contributed by atoms with Gasteiger partial charge in [0.1, 0.15) is 5.75 Å². The van der Waals surface area contributed by atoms with Gasteiger partial charge in [-0.2, -0.15) is 5.26 Å². The molecule has 0 aliphatic heterocycles. The van der Waals surface area contributed by atoms with Crippen LogP contribution >= 0.6 is 0 Å². The van der Waals surface area contributed by atoms with E-state index in [-0.39, 0.29) is 11.8 Å². The van der Waals surface area contributed by atoms with E-state index in [9.17, 15) is 5.11 Å². The lowest BCUT2D eigenvalue weighted by Crippen LogP contribution is -2.17. The van der Waals surface area contributed by atoms with Crippen LogP contribution in [0.2, 0.25) is 0 Å². The van der Waals surface area contributed by atoms with Crippen LogP contribution in [0.3, 0.4) is 0 Å². The number of aromatic hydroxyl groups is 1. The van der Waals surface area contributed by atoms with Gasteiger partial charge in [-0.15, -0.1) is 0 Å². The molecule has 1 aromatic rings. The van der Waals surface area contributed by atoms with Crippen LogP contribution in [0.15, 0.2) is 18.2 Å². The maximum Gasteiger partial charge on any atom is 0.118 e. The highest BCUT2D eigenvalue weighted by molar-refractivity contribution is 5.41. The van der Waals surface area contributed by atoms with E-state index in [0.29, 0.717) is 12.0 Å². The van der Waals surface area contributed by atoms with Crippen molar-refractivity contribution in [2.75, 3.05) is 0 Å². The Kier molecular flexibility index (Phi) is 2.88. The molecular weight excluding hydrogens is 164 g/mol. The van der Waals surface area contributed by atoms with Gasteiger partial charge in [0.2, 0.25) is 0 Å². The normalized spacial score (nSPS) is 12.1. The lowest BCUT2D eigenvalue weighted by atomic mass is 10.0. The third-order valence-corrected chi connectivity index (χ3v) is 1.75. The number of rotatable bonds is 2. The third kappa shape index (κ3) is 2.46. The standard InChI is InChI=1S/C10H12N2O/c1-7(12)4-9-5-8(6-11)2-3-10(9)13/h2-3,5,7,13H,4,12H2,1H3/t7-/m1/s1. The van der Waals surface area contributed by atoms with E-state index < -0.39 is 0 Å². The van der Waals surface area contributed by atoms with Crippen LogP contribution < -0.4 is 5.73 Å². The van der Waals surface area contributed by atoms with Gasteiger partial charge in [-0.1, -0.05) is 0 Å². The summed E-state index contributed by atoms with van der Waals surface area (Å²) in [5.41, 5.74) is 6.87. The maximum atomic E-state index is 9.41. The van der Waals surface area contributed by atoms with E-state index in [0.717, 1.165) is 5.56 Å². The summed E-state index contributed by atoms with van der Waals surface area (Å²) in [6, 6.07) is 6.77. The van der Waals surface area contributed by atoms with Gasteiger partial charge < -0.3 is 10.8 Å². The van der Waals surface area contributed by atoms with Crippen LogP contribution in [0.1, 0.15) is 18.1 Å². The fourth-order valence-electron chi connectivity index (χ4n) is 1.17. The molecule has 3 nitrogen and oxygen atoms in total. The fourth-order valence-corrected chi connectivity index (χ4v) is 1.17. The Balaban J connectivity index is 2.99. The molecule has 1 rings (SSSR count). The van der Waals surface area contributed by atoms with Crippen molar-refractivity contribution in [3.05, 3.63) is 29.3 Å². The number of nitriles is 1. The number of hydrogen-bond donors (Lipinski definition) is 2. The Morgan fingerprint density at radius 2 is 2.31 bits per heavy atom. The highest BCUT2D eigenvalue weighted by atomic mass is 16.3. The Labute approximate surface area is 77.4 Å². The van der Waals surface area contributed by atoms with Gasteiger partial charge in [-0.05, 0) is 37.1 Å². The topological polar surface area (TPSA) is 70.0 Å². The van der Waals surface area contributed by atoms with E-state index in [2.05, 4.69) is 0 Å².